The summed E-state index contributed by atoms with van der Waals surface area (Å²) in [5, 5.41) is 13.0. The maximum Gasteiger partial charge on any atom is 0.304 e. The lowest BCUT2D eigenvalue weighted by Crippen LogP contribution is -2.41. The van der Waals surface area contributed by atoms with Gasteiger partial charge < -0.3 is 15.2 Å². The minimum Gasteiger partial charge on any atom is -0.493 e. The number of carboxylic acids is 1. The number of ether oxygens (including phenoxy) is 1. The molecule has 9 heteroatoms. The molecule has 6 nitrogen and oxygen atoms in total. The van der Waals surface area contributed by atoms with E-state index in [1.807, 2.05) is 36.4 Å². The number of benzene rings is 3. The zero-order valence-electron chi connectivity index (χ0n) is 20.9. The van der Waals surface area contributed by atoms with E-state index in [-0.39, 0.29) is 17.9 Å². The van der Waals surface area contributed by atoms with Crippen LogP contribution in [0.2, 0.25) is 0 Å². The van der Waals surface area contributed by atoms with Crippen LogP contribution in [0.5, 0.6) is 5.75 Å². The highest BCUT2D eigenvalue weighted by Gasteiger charge is 2.35. The average Bonchev–Trinajstić information content (AvgIpc) is 2.86. The van der Waals surface area contributed by atoms with Gasteiger partial charge in [0.15, 0.2) is 11.6 Å². The van der Waals surface area contributed by atoms with Crippen LogP contribution < -0.4 is 10.1 Å². The van der Waals surface area contributed by atoms with Gasteiger partial charge in [-0.1, -0.05) is 53.2 Å². The number of carbonyl (C=O) groups is 2. The summed E-state index contributed by atoms with van der Waals surface area (Å²) >= 11 is 3.45. The Bertz CT molecular complexity index is 1550. The number of carboxylic acid groups (broad SMARTS) is 1. The van der Waals surface area contributed by atoms with E-state index in [1.165, 1.54) is 14.0 Å². The number of rotatable bonds is 8. The molecule has 0 spiro atoms. The van der Waals surface area contributed by atoms with Crippen molar-refractivity contribution in [1.29, 1.82) is 0 Å². The molecule has 0 bridgehead atoms. The van der Waals surface area contributed by atoms with Crippen molar-refractivity contribution in [3.8, 4) is 17.0 Å². The van der Waals surface area contributed by atoms with Crippen molar-refractivity contribution in [2.24, 2.45) is 0 Å². The van der Waals surface area contributed by atoms with Crippen LogP contribution in [0.4, 0.5) is 8.78 Å². The van der Waals surface area contributed by atoms with E-state index in [4.69, 9.17) is 9.72 Å². The first kappa shape index (κ1) is 27.2. The Hall–Kier alpha value is -3.85. The highest BCUT2D eigenvalue weighted by molar-refractivity contribution is 9.10. The molecule has 4 rings (SSSR count). The van der Waals surface area contributed by atoms with Crippen LogP contribution in [-0.2, 0) is 10.2 Å². The van der Waals surface area contributed by atoms with Gasteiger partial charge in [-0.25, -0.2) is 13.8 Å². The third kappa shape index (κ3) is 5.38. The zero-order valence-corrected chi connectivity index (χ0v) is 22.5. The number of amides is 1. The molecule has 3 aromatic carbocycles. The van der Waals surface area contributed by atoms with E-state index in [1.54, 1.807) is 19.1 Å². The van der Waals surface area contributed by atoms with Crippen molar-refractivity contribution < 1.29 is 28.2 Å². The van der Waals surface area contributed by atoms with Gasteiger partial charge in [-0.15, -0.1) is 0 Å². The Kier molecular flexibility index (Phi) is 7.78. The van der Waals surface area contributed by atoms with Crippen molar-refractivity contribution in [2.45, 2.75) is 25.7 Å². The van der Waals surface area contributed by atoms with Gasteiger partial charge in [0.2, 0.25) is 0 Å². The number of aromatic nitrogens is 1. The highest BCUT2D eigenvalue weighted by atomic mass is 79.9. The molecular weight excluding hydrogens is 558 g/mol. The summed E-state index contributed by atoms with van der Waals surface area (Å²) in [4.78, 5) is 30.3. The van der Waals surface area contributed by atoms with Gasteiger partial charge in [0.05, 0.1) is 30.3 Å². The number of carbonyl (C=O) groups excluding carboxylic acids is 1. The van der Waals surface area contributed by atoms with Crippen LogP contribution in [0.3, 0.4) is 0 Å². The third-order valence-corrected chi connectivity index (χ3v) is 7.00. The minimum absolute atomic E-state index is 0.00391. The number of pyridine rings is 1. The van der Waals surface area contributed by atoms with Crippen LogP contribution in [0.25, 0.3) is 22.2 Å². The minimum atomic E-state index is -1.39. The third-order valence-electron chi connectivity index (χ3n) is 6.51. The molecular formula is C29H25BrF2N2O4. The molecule has 2 N–H and O–H groups in total. The number of nitrogens with one attached hydrogen (secondary N) is 1. The standard InChI is InChI=1S/C29H25BrF2N2O4/c1-16-25(20-11-18(30)9-10-23(20)34-26(16)17-7-5-4-6-8-17)28(37)33-15-29(2,14-24(35)36)21-12-19(31)13-22(32)27(21)38-3/h4-13H,14-15H2,1-3H3,(H,33,37)(H,35,36). The summed E-state index contributed by atoms with van der Waals surface area (Å²) in [6.45, 7) is 3.09. The lowest BCUT2D eigenvalue weighted by atomic mass is 9.78. The Morgan fingerprint density at radius 1 is 1.11 bits per heavy atom. The lowest BCUT2D eigenvalue weighted by molar-refractivity contribution is -0.138. The number of nitrogens with zero attached hydrogens (tertiary/aromatic N) is 1. The topological polar surface area (TPSA) is 88.5 Å². The molecule has 0 saturated carbocycles. The van der Waals surface area contributed by atoms with Gasteiger partial charge in [-0.2, -0.15) is 0 Å². The summed E-state index contributed by atoms with van der Waals surface area (Å²) < 4.78 is 34.6. The molecule has 1 atom stereocenters. The SMILES string of the molecule is COc1c(F)cc(F)cc1C(C)(CNC(=O)c1c(C)c(-c2ccccc2)nc2ccc(Br)cc12)CC(=O)O. The fourth-order valence-corrected chi connectivity index (χ4v) is 5.03. The van der Waals surface area contributed by atoms with E-state index in [0.717, 1.165) is 16.1 Å². The second-order valence-corrected chi connectivity index (χ2v) is 10.2. The lowest BCUT2D eigenvalue weighted by Gasteiger charge is -2.30. The van der Waals surface area contributed by atoms with E-state index < -0.39 is 35.3 Å². The smallest absolute Gasteiger partial charge is 0.304 e. The Morgan fingerprint density at radius 2 is 1.82 bits per heavy atom. The van der Waals surface area contributed by atoms with Gasteiger partial charge in [0, 0.05) is 39.0 Å². The molecule has 0 aliphatic carbocycles. The van der Waals surface area contributed by atoms with Gasteiger partial charge >= 0.3 is 5.97 Å². The largest absolute Gasteiger partial charge is 0.493 e. The molecule has 0 fully saturated rings. The predicted molar refractivity (Wildman–Crippen MR) is 144 cm³/mol. The molecule has 38 heavy (non-hydrogen) atoms. The number of aliphatic carboxylic acids is 1. The molecule has 1 unspecified atom stereocenters. The van der Waals surface area contributed by atoms with Crippen LogP contribution in [0.15, 0.2) is 65.1 Å². The summed E-state index contributed by atoms with van der Waals surface area (Å²) in [6.07, 6.45) is -0.510. The Morgan fingerprint density at radius 3 is 2.47 bits per heavy atom. The number of hydrogen-bond donors (Lipinski definition) is 2. The molecule has 0 aliphatic heterocycles. The summed E-state index contributed by atoms with van der Waals surface area (Å²) in [5.41, 5.74) is 1.68. The first-order chi connectivity index (χ1) is 18.0. The van der Waals surface area contributed by atoms with Crippen molar-refractivity contribution in [2.75, 3.05) is 13.7 Å². The van der Waals surface area contributed by atoms with Crippen LogP contribution >= 0.6 is 15.9 Å². The van der Waals surface area contributed by atoms with Crippen LogP contribution in [0, 0.1) is 18.6 Å². The summed E-state index contributed by atoms with van der Waals surface area (Å²) in [6, 6.07) is 16.6. The number of hydrogen-bond acceptors (Lipinski definition) is 4. The fraction of sp³-hybridized carbons (Fsp3) is 0.207. The van der Waals surface area contributed by atoms with Gasteiger partial charge in [0.1, 0.15) is 5.82 Å². The molecule has 0 radical (unpaired) electrons. The van der Waals surface area contributed by atoms with Crippen molar-refractivity contribution >= 4 is 38.7 Å². The summed E-state index contributed by atoms with van der Waals surface area (Å²) in [7, 11) is 1.22. The van der Waals surface area contributed by atoms with Crippen molar-refractivity contribution in [3.63, 3.8) is 0 Å². The molecule has 0 saturated heterocycles. The summed E-state index contributed by atoms with van der Waals surface area (Å²) in [5.74, 6) is -3.79. The normalized spacial score (nSPS) is 12.7. The first-order valence-electron chi connectivity index (χ1n) is 11.7. The van der Waals surface area contributed by atoms with Gasteiger partial charge in [-0.3, -0.25) is 9.59 Å². The number of fused-ring (bicyclic) bond motifs is 1. The van der Waals surface area contributed by atoms with Gasteiger partial charge in [-0.05, 0) is 36.8 Å². The zero-order chi connectivity index (χ0) is 27.6. The number of methoxy groups -OCH3 is 1. The van der Waals surface area contributed by atoms with Crippen LogP contribution in [-0.4, -0.2) is 35.6 Å². The van der Waals surface area contributed by atoms with E-state index in [0.29, 0.717) is 33.8 Å². The van der Waals surface area contributed by atoms with E-state index in [2.05, 4.69) is 21.2 Å². The van der Waals surface area contributed by atoms with E-state index in [9.17, 15) is 23.5 Å². The molecule has 0 aliphatic rings. The second kappa shape index (κ2) is 10.9. The van der Waals surface area contributed by atoms with Crippen LogP contribution in [0.1, 0.15) is 34.8 Å². The Balaban J connectivity index is 1.80. The molecule has 1 amide bonds. The first-order valence-corrected chi connectivity index (χ1v) is 12.5. The highest BCUT2D eigenvalue weighted by Crippen LogP contribution is 2.37. The predicted octanol–water partition coefficient (Wildman–Crippen LogP) is 6.42. The quantitative estimate of drug-likeness (QED) is 0.250. The van der Waals surface area contributed by atoms with Crippen molar-refractivity contribution in [1.82, 2.24) is 10.3 Å². The molecule has 1 heterocycles. The van der Waals surface area contributed by atoms with Gasteiger partial charge in [0.25, 0.3) is 5.91 Å². The maximum absolute atomic E-state index is 14.5. The Labute approximate surface area is 226 Å². The molecule has 1 aromatic heterocycles. The molecule has 196 valence electrons. The second-order valence-electron chi connectivity index (χ2n) is 9.27. The maximum atomic E-state index is 14.5. The average molecular weight is 583 g/mol. The van der Waals surface area contributed by atoms with E-state index >= 15 is 0 Å². The fourth-order valence-electron chi connectivity index (χ4n) is 4.67. The number of halogens is 3. The monoisotopic (exact) mass is 582 g/mol. The van der Waals surface area contributed by atoms with Crippen molar-refractivity contribution in [3.05, 3.63) is 93.5 Å². The molecule has 4 aromatic rings.